The average molecular weight is 349 g/mol. The largest absolute Gasteiger partial charge is 0.464 e. The van der Waals surface area contributed by atoms with E-state index in [0.717, 1.165) is 21.4 Å². The molecule has 0 saturated carbocycles. The van der Waals surface area contributed by atoms with Gasteiger partial charge in [-0.15, -0.1) is 11.3 Å². The summed E-state index contributed by atoms with van der Waals surface area (Å²) in [5.41, 5.74) is 7.52. The van der Waals surface area contributed by atoms with E-state index in [0.29, 0.717) is 5.46 Å². The molecule has 2 N–H and O–H groups in total. The van der Waals surface area contributed by atoms with Gasteiger partial charge in [-0.25, -0.2) is 4.99 Å². The van der Waals surface area contributed by atoms with E-state index in [9.17, 15) is 4.79 Å². The molecule has 1 aromatic carbocycles. The molecule has 0 bridgehead atoms. The van der Waals surface area contributed by atoms with E-state index >= 15 is 0 Å². The molecule has 5 nitrogen and oxygen atoms in total. The third kappa shape index (κ3) is 2.38. The number of carbonyl (C=O) groups excluding carboxylic acids is 1. The lowest BCUT2D eigenvalue weighted by Crippen LogP contribution is -2.52. The highest BCUT2D eigenvalue weighted by Crippen LogP contribution is 2.45. The van der Waals surface area contributed by atoms with Gasteiger partial charge in [0.1, 0.15) is 19.0 Å². The van der Waals surface area contributed by atoms with Crippen molar-refractivity contribution in [3.8, 4) is 0 Å². The molecule has 2 atom stereocenters. The molecule has 25 heavy (non-hydrogen) atoms. The Kier molecular flexibility index (Phi) is 3.51. The Morgan fingerprint density at radius 2 is 2.16 bits per heavy atom. The van der Waals surface area contributed by atoms with Crippen molar-refractivity contribution < 1.29 is 9.21 Å². The summed E-state index contributed by atoms with van der Waals surface area (Å²) in [5, 5.41) is 2.80. The highest BCUT2D eigenvalue weighted by atomic mass is 32.1. The van der Waals surface area contributed by atoms with Gasteiger partial charge in [-0.1, -0.05) is 17.6 Å². The van der Waals surface area contributed by atoms with E-state index in [4.69, 9.17) is 18.0 Å². The number of nitrogens with zero attached hydrogens (tertiary/aromatic N) is 2. The number of hydrogen-bond donors (Lipinski definition) is 1. The van der Waals surface area contributed by atoms with Crippen LogP contribution in [0.15, 0.2) is 51.4 Å². The van der Waals surface area contributed by atoms with Crippen molar-refractivity contribution in [1.82, 2.24) is 4.90 Å². The van der Waals surface area contributed by atoms with Gasteiger partial charge in [0.25, 0.3) is 0 Å². The number of aliphatic imine (C=N–C) groups is 1. The highest BCUT2D eigenvalue weighted by molar-refractivity contribution is 7.11. The fraction of sp³-hybridized carbons (Fsp3) is 0.222. The maximum Gasteiger partial charge on any atom is 0.239 e. The Bertz CT molecular complexity index is 1010. The molecule has 2 radical (unpaired) electrons. The summed E-state index contributed by atoms with van der Waals surface area (Å²) in [6, 6.07) is 9.51. The Balaban J connectivity index is 1.93. The number of carbonyl (C=O) groups is 1. The Morgan fingerprint density at radius 3 is 2.88 bits per heavy atom. The fourth-order valence-corrected chi connectivity index (χ4v) is 4.31. The van der Waals surface area contributed by atoms with Crippen LogP contribution in [0.1, 0.15) is 23.3 Å². The van der Waals surface area contributed by atoms with E-state index < -0.39 is 11.5 Å². The van der Waals surface area contributed by atoms with Crippen LogP contribution in [-0.4, -0.2) is 31.7 Å². The molecule has 0 aliphatic carbocycles. The van der Waals surface area contributed by atoms with Gasteiger partial charge >= 0.3 is 0 Å². The van der Waals surface area contributed by atoms with Gasteiger partial charge in [-0.3, -0.25) is 9.69 Å². The highest BCUT2D eigenvalue weighted by Gasteiger charge is 2.47. The molecule has 2 aromatic heterocycles. The van der Waals surface area contributed by atoms with Crippen LogP contribution in [0.4, 0.5) is 0 Å². The average Bonchev–Trinajstić information content (AvgIpc) is 3.21. The molecule has 7 heteroatoms. The molecule has 3 aromatic rings. The molecule has 0 unspecified atom stereocenters. The molecular formula is C18H16BN3O2S. The summed E-state index contributed by atoms with van der Waals surface area (Å²) in [4.78, 5) is 20.1. The number of guanidine groups is 1. The van der Waals surface area contributed by atoms with Crippen molar-refractivity contribution in [2.45, 2.75) is 18.4 Å². The molecule has 124 valence electrons. The van der Waals surface area contributed by atoms with Crippen LogP contribution >= 0.6 is 11.3 Å². The molecule has 0 saturated heterocycles. The van der Waals surface area contributed by atoms with Crippen molar-refractivity contribution in [3.05, 3.63) is 52.4 Å². The summed E-state index contributed by atoms with van der Waals surface area (Å²) in [5.74, 6) is -0.382. The lowest BCUT2D eigenvalue weighted by Gasteiger charge is -2.40. The summed E-state index contributed by atoms with van der Waals surface area (Å²) < 4.78 is 5.41. The zero-order chi connectivity index (χ0) is 17.8. The van der Waals surface area contributed by atoms with Crippen LogP contribution in [0, 0.1) is 0 Å². The van der Waals surface area contributed by atoms with E-state index in [1.807, 2.05) is 42.6 Å². The normalized spacial score (nSPS) is 23.9. The van der Waals surface area contributed by atoms with E-state index in [1.54, 1.807) is 13.3 Å². The number of thiophene rings is 1. The molecular weight excluding hydrogens is 333 g/mol. The quantitative estimate of drug-likeness (QED) is 0.720. The van der Waals surface area contributed by atoms with Gasteiger partial charge in [-0.05, 0) is 36.1 Å². The lowest BCUT2D eigenvalue weighted by molar-refractivity contribution is -0.130. The van der Waals surface area contributed by atoms with Crippen molar-refractivity contribution in [3.63, 3.8) is 0 Å². The number of furan rings is 1. The zero-order valence-corrected chi connectivity index (χ0v) is 14.7. The molecule has 0 fully saturated rings. The van der Waals surface area contributed by atoms with Crippen molar-refractivity contribution in [2.75, 3.05) is 7.05 Å². The van der Waals surface area contributed by atoms with E-state index in [1.165, 1.54) is 16.2 Å². The Hall–Kier alpha value is -2.54. The first kappa shape index (κ1) is 16.0. The third-order valence-corrected chi connectivity index (χ3v) is 5.93. The van der Waals surface area contributed by atoms with Crippen LogP contribution in [0.2, 0.25) is 0 Å². The van der Waals surface area contributed by atoms with Gasteiger partial charge in [0.15, 0.2) is 5.96 Å². The number of likely N-dealkylation sites (N-methyl/N-ethyl adjacent to an activating group) is 1. The summed E-state index contributed by atoms with van der Waals surface area (Å²) in [7, 11) is 7.55. The van der Waals surface area contributed by atoms with Crippen molar-refractivity contribution >= 4 is 47.5 Å². The minimum Gasteiger partial charge on any atom is -0.464 e. The van der Waals surface area contributed by atoms with Crippen LogP contribution < -0.4 is 11.2 Å². The van der Waals surface area contributed by atoms with Crippen LogP contribution in [-0.2, 0) is 10.3 Å². The molecule has 1 aliphatic heterocycles. The summed E-state index contributed by atoms with van der Waals surface area (Å²) in [6.07, 6.45) is 1.64. The maximum atomic E-state index is 13.1. The molecule has 3 heterocycles. The number of amides is 1. The third-order valence-electron chi connectivity index (χ3n) is 4.76. The monoisotopic (exact) mass is 349 g/mol. The second-order valence-electron chi connectivity index (χ2n) is 6.41. The molecule has 0 spiro atoms. The van der Waals surface area contributed by atoms with Gasteiger partial charge in [-0.2, -0.15) is 0 Å². The number of fused-ring (bicyclic) bond motifs is 1. The number of rotatable bonds is 2. The van der Waals surface area contributed by atoms with Gasteiger partial charge in [0.2, 0.25) is 5.91 Å². The Morgan fingerprint density at radius 1 is 1.36 bits per heavy atom. The first-order valence-electron chi connectivity index (χ1n) is 7.84. The second-order valence-corrected chi connectivity index (χ2v) is 7.32. The maximum absolute atomic E-state index is 13.1. The van der Waals surface area contributed by atoms with Crippen LogP contribution in [0.25, 0.3) is 11.0 Å². The first-order valence-corrected chi connectivity index (χ1v) is 8.72. The predicted octanol–water partition coefficient (Wildman–Crippen LogP) is 2.07. The van der Waals surface area contributed by atoms with Crippen LogP contribution in [0.3, 0.4) is 0 Å². The fourth-order valence-electron chi connectivity index (χ4n) is 3.37. The molecule has 4 rings (SSSR count). The van der Waals surface area contributed by atoms with Gasteiger partial charge in [0.05, 0.1) is 12.2 Å². The Labute approximate surface area is 150 Å². The number of hydrogen-bond acceptors (Lipinski definition) is 5. The smallest absolute Gasteiger partial charge is 0.239 e. The second kappa shape index (κ2) is 5.49. The van der Waals surface area contributed by atoms with Gasteiger partial charge < -0.3 is 10.2 Å². The van der Waals surface area contributed by atoms with Crippen molar-refractivity contribution in [2.24, 2.45) is 10.7 Å². The number of nitrogens with two attached hydrogens (primary N) is 1. The standard InChI is InChI=1S/C18H16BN3O2S/c1-18(14-8-12(19)9-25-14)15(16(23)22(2)17(20)21-18)11-3-4-13-10(7-11)5-6-24-13/h3-9,15H,1-2H3,(H2,20,21)/t15-,18-/m1/s1. The lowest BCUT2D eigenvalue weighted by atomic mass is 9.77. The predicted molar refractivity (Wildman–Crippen MR) is 100 cm³/mol. The topological polar surface area (TPSA) is 71.8 Å². The minimum atomic E-state index is -0.812. The number of benzene rings is 1. The first-order chi connectivity index (χ1) is 11.9. The van der Waals surface area contributed by atoms with Gasteiger partial charge in [0, 0.05) is 17.3 Å². The molecule has 1 aliphatic rings. The molecule has 1 amide bonds. The zero-order valence-electron chi connectivity index (χ0n) is 13.9. The van der Waals surface area contributed by atoms with Crippen molar-refractivity contribution in [1.29, 1.82) is 0 Å². The summed E-state index contributed by atoms with van der Waals surface area (Å²) >= 11 is 1.49. The van der Waals surface area contributed by atoms with E-state index in [2.05, 4.69) is 4.99 Å². The summed E-state index contributed by atoms with van der Waals surface area (Å²) in [6.45, 7) is 1.93. The SMILES string of the molecule is [B]c1csc([C@@]2(C)N=C(N)N(C)C(=O)[C@H]2c2ccc3occc3c2)c1. The van der Waals surface area contributed by atoms with E-state index in [-0.39, 0.29) is 11.9 Å². The van der Waals surface area contributed by atoms with Crippen LogP contribution in [0.5, 0.6) is 0 Å². The minimum absolute atomic E-state index is 0.0928.